The average Bonchev–Trinajstić information content (AvgIpc) is 2.56. The summed E-state index contributed by atoms with van der Waals surface area (Å²) in [4.78, 5) is 16.8. The van der Waals surface area contributed by atoms with Gasteiger partial charge in [0.15, 0.2) is 0 Å². The number of hydrogen-bond donors (Lipinski definition) is 1. The van der Waals surface area contributed by atoms with Crippen molar-refractivity contribution in [1.29, 1.82) is 0 Å². The Labute approximate surface area is 89.7 Å². The van der Waals surface area contributed by atoms with Crippen molar-refractivity contribution in [1.82, 2.24) is 10.3 Å². The van der Waals surface area contributed by atoms with Crippen LogP contribution < -0.4 is 5.32 Å². The number of amides is 1. The van der Waals surface area contributed by atoms with Gasteiger partial charge >= 0.3 is 0 Å². The van der Waals surface area contributed by atoms with Crippen molar-refractivity contribution in [2.24, 2.45) is 0 Å². The Bertz CT molecular complexity index is 495. The van der Waals surface area contributed by atoms with Crippen LogP contribution >= 0.6 is 22.9 Å². The Balaban J connectivity index is 2.68. The highest BCUT2D eigenvalue weighted by Gasteiger charge is 2.15. The summed E-state index contributed by atoms with van der Waals surface area (Å²) in [5.74, 6) is -0.169. The smallest absolute Gasteiger partial charge is 0.262 e. The molecule has 0 saturated heterocycles. The minimum atomic E-state index is -0.169. The second kappa shape index (κ2) is 3.55. The lowest BCUT2D eigenvalue weighted by Crippen LogP contribution is -2.16. The molecule has 0 bridgehead atoms. The molecule has 0 aliphatic carbocycles. The molecule has 0 saturated carbocycles. The molecule has 1 amide bonds. The maximum Gasteiger partial charge on any atom is 0.262 e. The molecule has 0 unspecified atom stereocenters. The summed E-state index contributed by atoms with van der Waals surface area (Å²) in [7, 11) is 1.58. The molecule has 3 nitrogen and oxygen atoms in total. The highest BCUT2D eigenvalue weighted by Crippen LogP contribution is 2.33. The van der Waals surface area contributed by atoms with Gasteiger partial charge in [-0.2, -0.15) is 0 Å². The van der Waals surface area contributed by atoms with Gasteiger partial charge in [-0.1, -0.05) is 11.6 Å². The van der Waals surface area contributed by atoms with E-state index in [2.05, 4.69) is 10.3 Å². The second-order valence-corrected chi connectivity index (χ2v) is 4.06. The number of nitrogens with zero attached hydrogens (tertiary/aromatic N) is 1. The van der Waals surface area contributed by atoms with Crippen molar-refractivity contribution in [3.05, 3.63) is 28.2 Å². The zero-order valence-corrected chi connectivity index (χ0v) is 8.95. The molecule has 2 aromatic rings. The molecule has 2 aromatic heterocycles. The van der Waals surface area contributed by atoms with Crippen LogP contribution in [0.25, 0.3) is 10.2 Å². The van der Waals surface area contributed by atoms with Gasteiger partial charge in [-0.05, 0) is 12.1 Å². The van der Waals surface area contributed by atoms with Gasteiger partial charge in [-0.15, -0.1) is 11.3 Å². The van der Waals surface area contributed by atoms with E-state index >= 15 is 0 Å². The summed E-state index contributed by atoms with van der Waals surface area (Å²) >= 11 is 7.34. The Hall–Kier alpha value is -1.13. The number of rotatable bonds is 1. The minimum Gasteiger partial charge on any atom is -0.354 e. The number of carbonyl (C=O) groups excluding carboxylic acids is 1. The van der Waals surface area contributed by atoms with Crippen LogP contribution in [0.15, 0.2) is 18.3 Å². The van der Waals surface area contributed by atoms with Crippen molar-refractivity contribution < 1.29 is 4.79 Å². The van der Waals surface area contributed by atoms with Crippen LogP contribution in [0.5, 0.6) is 0 Å². The molecular formula is C9H7ClN2OS. The van der Waals surface area contributed by atoms with Crippen molar-refractivity contribution in [2.75, 3.05) is 7.05 Å². The third-order valence-electron chi connectivity index (χ3n) is 1.84. The molecule has 0 radical (unpaired) electrons. The van der Waals surface area contributed by atoms with Crippen LogP contribution in [-0.2, 0) is 0 Å². The first-order valence-electron chi connectivity index (χ1n) is 3.99. The predicted octanol–water partition coefficient (Wildman–Crippen LogP) is 2.31. The number of fused-ring (bicyclic) bond motifs is 1. The van der Waals surface area contributed by atoms with Crippen LogP contribution in [0.3, 0.4) is 0 Å². The summed E-state index contributed by atoms with van der Waals surface area (Å²) in [6.45, 7) is 0. The van der Waals surface area contributed by atoms with E-state index in [1.165, 1.54) is 11.3 Å². The molecule has 0 spiro atoms. The molecule has 0 aliphatic rings. The fraction of sp³-hybridized carbons (Fsp3) is 0.111. The van der Waals surface area contributed by atoms with Gasteiger partial charge in [0, 0.05) is 18.6 Å². The van der Waals surface area contributed by atoms with Gasteiger partial charge in [-0.25, -0.2) is 4.98 Å². The zero-order valence-electron chi connectivity index (χ0n) is 7.37. The first kappa shape index (κ1) is 9.43. The van der Waals surface area contributed by atoms with Crippen molar-refractivity contribution in [3.63, 3.8) is 0 Å². The highest BCUT2D eigenvalue weighted by molar-refractivity contribution is 7.21. The van der Waals surface area contributed by atoms with Crippen LogP contribution in [-0.4, -0.2) is 17.9 Å². The lowest BCUT2D eigenvalue weighted by molar-refractivity contribution is 0.0967. The third-order valence-corrected chi connectivity index (χ3v) is 3.46. The summed E-state index contributed by atoms with van der Waals surface area (Å²) in [5, 5.41) is 3.86. The molecule has 0 atom stereocenters. The lowest BCUT2D eigenvalue weighted by atomic mass is 10.3. The lowest BCUT2D eigenvalue weighted by Gasteiger charge is -1.94. The second-order valence-electron chi connectivity index (χ2n) is 2.68. The quantitative estimate of drug-likeness (QED) is 0.811. The number of hydrogen-bond acceptors (Lipinski definition) is 3. The molecule has 1 N–H and O–H groups in total. The monoisotopic (exact) mass is 226 g/mol. The normalized spacial score (nSPS) is 10.4. The summed E-state index contributed by atoms with van der Waals surface area (Å²) in [6.07, 6.45) is 1.68. The van der Waals surface area contributed by atoms with E-state index < -0.39 is 0 Å². The molecular weight excluding hydrogens is 220 g/mol. The van der Waals surface area contributed by atoms with E-state index in [0.29, 0.717) is 9.90 Å². The number of carbonyl (C=O) groups is 1. The minimum absolute atomic E-state index is 0.169. The Kier molecular flexibility index (Phi) is 2.39. The number of aromatic nitrogens is 1. The highest BCUT2D eigenvalue weighted by atomic mass is 35.5. The zero-order chi connectivity index (χ0) is 10.1. The van der Waals surface area contributed by atoms with Gasteiger partial charge in [0.2, 0.25) is 0 Å². The van der Waals surface area contributed by atoms with Crippen molar-refractivity contribution in [3.8, 4) is 0 Å². The molecule has 0 aliphatic heterocycles. The Morgan fingerprint density at radius 3 is 3.07 bits per heavy atom. The maximum absolute atomic E-state index is 11.4. The van der Waals surface area contributed by atoms with E-state index in [0.717, 1.165) is 10.2 Å². The van der Waals surface area contributed by atoms with Gasteiger partial charge in [0.25, 0.3) is 5.91 Å². The topological polar surface area (TPSA) is 42.0 Å². The summed E-state index contributed by atoms with van der Waals surface area (Å²) in [6, 6.07) is 3.65. The van der Waals surface area contributed by atoms with Crippen LogP contribution in [0.1, 0.15) is 9.67 Å². The summed E-state index contributed by atoms with van der Waals surface area (Å²) in [5.41, 5.74) is 0. The number of halogens is 1. The maximum atomic E-state index is 11.4. The van der Waals surface area contributed by atoms with Gasteiger partial charge in [-0.3, -0.25) is 4.79 Å². The molecule has 0 aromatic carbocycles. The van der Waals surface area contributed by atoms with Gasteiger partial charge in [0.05, 0.1) is 5.02 Å². The number of thiophene rings is 1. The predicted molar refractivity (Wildman–Crippen MR) is 58.0 cm³/mol. The number of nitrogens with one attached hydrogen (secondary N) is 1. The largest absolute Gasteiger partial charge is 0.354 e. The fourth-order valence-corrected chi connectivity index (χ4v) is 2.55. The molecule has 2 rings (SSSR count). The Morgan fingerprint density at radius 1 is 1.64 bits per heavy atom. The first-order chi connectivity index (χ1) is 6.74. The molecule has 72 valence electrons. The molecule has 0 fully saturated rings. The summed E-state index contributed by atoms with van der Waals surface area (Å²) < 4.78 is 0. The molecule has 2 heterocycles. The van der Waals surface area contributed by atoms with Gasteiger partial charge in [0.1, 0.15) is 9.71 Å². The van der Waals surface area contributed by atoms with E-state index in [-0.39, 0.29) is 5.91 Å². The average molecular weight is 227 g/mol. The Morgan fingerprint density at radius 2 is 2.43 bits per heavy atom. The molecule has 14 heavy (non-hydrogen) atoms. The fourth-order valence-electron chi connectivity index (χ4n) is 1.16. The molecule has 5 heteroatoms. The van der Waals surface area contributed by atoms with Crippen molar-refractivity contribution >= 4 is 39.1 Å². The van der Waals surface area contributed by atoms with E-state index in [4.69, 9.17) is 11.6 Å². The van der Waals surface area contributed by atoms with Crippen LogP contribution in [0.4, 0.5) is 0 Å². The SMILES string of the molecule is CNC(=O)c1sc2ncccc2c1Cl. The first-order valence-corrected chi connectivity index (χ1v) is 5.18. The third kappa shape index (κ3) is 1.36. The number of pyridine rings is 1. The van der Waals surface area contributed by atoms with Crippen LogP contribution in [0.2, 0.25) is 5.02 Å². The van der Waals surface area contributed by atoms with E-state index in [9.17, 15) is 4.79 Å². The standard InChI is InChI=1S/C9H7ClN2OS/c1-11-8(13)7-6(10)5-3-2-4-12-9(5)14-7/h2-4H,1H3,(H,11,13). The van der Waals surface area contributed by atoms with Crippen molar-refractivity contribution in [2.45, 2.75) is 0 Å². The van der Waals surface area contributed by atoms with E-state index in [1.54, 1.807) is 19.3 Å². The van der Waals surface area contributed by atoms with Gasteiger partial charge < -0.3 is 5.32 Å². The van der Waals surface area contributed by atoms with Crippen LogP contribution in [0, 0.1) is 0 Å². The van der Waals surface area contributed by atoms with E-state index in [1.807, 2.05) is 6.07 Å².